The van der Waals surface area contributed by atoms with E-state index in [-0.39, 0.29) is 12.5 Å². The van der Waals surface area contributed by atoms with Gasteiger partial charge in [0.25, 0.3) is 5.91 Å². The Balaban J connectivity index is 2.20. The minimum atomic E-state index is -0.662. The highest BCUT2D eigenvalue weighted by atomic mass is 127. The molecule has 1 aromatic carbocycles. The van der Waals surface area contributed by atoms with Crippen LogP contribution in [0.5, 0.6) is 0 Å². The first-order valence-corrected chi connectivity index (χ1v) is 6.93. The highest BCUT2D eigenvalue weighted by molar-refractivity contribution is 14.1. The second-order valence-electron chi connectivity index (χ2n) is 4.12. The normalized spacial score (nSPS) is 19.1. The number of hydrogen-bond donors (Lipinski definition) is 0. The van der Waals surface area contributed by atoms with E-state index in [1.165, 1.54) is 12.0 Å². The van der Waals surface area contributed by atoms with Crippen LogP contribution in [0.15, 0.2) is 24.3 Å². The smallest absolute Gasteiger partial charge is 0.331 e. The molecule has 1 heterocycles. The van der Waals surface area contributed by atoms with Crippen LogP contribution in [-0.2, 0) is 14.3 Å². The van der Waals surface area contributed by atoms with Gasteiger partial charge in [0.1, 0.15) is 0 Å². The van der Waals surface area contributed by atoms with Gasteiger partial charge in [-0.2, -0.15) is 0 Å². The van der Waals surface area contributed by atoms with E-state index in [4.69, 9.17) is 9.47 Å². The number of halogens is 1. The zero-order valence-corrected chi connectivity index (χ0v) is 12.6. The summed E-state index contributed by atoms with van der Waals surface area (Å²) in [6, 6.07) is 6.58. The molecule has 0 spiro atoms. The molecule has 19 heavy (non-hydrogen) atoms. The average molecular weight is 375 g/mol. The van der Waals surface area contributed by atoms with Crippen molar-refractivity contribution < 1.29 is 19.1 Å². The number of morpholine rings is 1. The van der Waals surface area contributed by atoms with E-state index in [2.05, 4.69) is 22.6 Å². The Bertz CT molecular complexity index is 474. The van der Waals surface area contributed by atoms with Crippen molar-refractivity contribution in [2.24, 2.45) is 0 Å². The zero-order valence-electron chi connectivity index (χ0n) is 10.5. The third-order valence-electron chi connectivity index (χ3n) is 2.95. The van der Waals surface area contributed by atoms with Crippen LogP contribution in [0.1, 0.15) is 10.4 Å². The van der Waals surface area contributed by atoms with Crippen molar-refractivity contribution in [1.29, 1.82) is 0 Å². The molecule has 1 aliphatic heterocycles. The van der Waals surface area contributed by atoms with E-state index in [9.17, 15) is 9.59 Å². The lowest BCUT2D eigenvalue weighted by Gasteiger charge is -2.33. The first kappa shape index (κ1) is 14.3. The molecule has 1 aliphatic rings. The molecule has 1 atom stereocenters. The first-order valence-electron chi connectivity index (χ1n) is 5.85. The monoisotopic (exact) mass is 375 g/mol. The summed E-state index contributed by atoms with van der Waals surface area (Å²) in [4.78, 5) is 25.6. The van der Waals surface area contributed by atoms with Gasteiger partial charge >= 0.3 is 5.97 Å². The molecule has 1 unspecified atom stereocenters. The van der Waals surface area contributed by atoms with Gasteiger partial charge in [-0.25, -0.2) is 4.79 Å². The Morgan fingerprint density at radius 2 is 2.05 bits per heavy atom. The molecule has 6 heteroatoms. The summed E-state index contributed by atoms with van der Waals surface area (Å²) in [6.07, 6.45) is 0. The molecule has 0 N–H and O–H groups in total. The Kier molecular flexibility index (Phi) is 4.76. The van der Waals surface area contributed by atoms with Gasteiger partial charge in [-0.15, -0.1) is 0 Å². The Hall–Kier alpha value is -1.15. The molecule has 2 rings (SSSR count). The van der Waals surface area contributed by atoms with Crippen molar-refractivity contribution in [3.05, 3.63) is 33.4 Å². The van der Waals surface area contributed by atoms with Gasteiger partial charge in [-0.1, -0.05) is 0 Å². The van der Waals surface area contributed by atoms with Crippen LogP contribution in [0.2, 0.25) is 0 Å². The number of carbonyl (C=O) groups is 2. The summed E-state index contributed by atoms with van der Waals surface area (Å²) in [6.45, 7) is 1.01. The lowest BCUT2D eigenvalue weighted by Crippen LogP contribution is -2.53. The molecule has 1 fully saturated rings. The maximum absolute atomic E-state index is 12.4. The van der Waals surface area contributed by atoms with Crippen molar-refractivity contribution in [2.45, 2.75) is 6.04 Å². The van der Waals surface area contributed by atoms with Crippen LogP contribution in [0.25, 0.3) is 0 Å². The summed E-state index contributed by atoms with van der Waals surface area (Å²) in [7, 11) is 1.31. The van der Waals surface area contributed by atoms with E-state index in [0.29, 0.717) is 18.7 Å². The van der Waals surface area contributed by atoms with Gasteiger partial charge in [0.2, 0.25) is 0 Å². The minimum absolute atomic E-state index is 0.171. The summed E-state index contributed by atoms with van der Waals surface area (Å²) in [5.41, 5.74) is 0.566. The first-order chi connectivity index (χ1) is 9.13. The summed E-state index contributed by atoms with van der Waals surface area (Å²) in [5, 5.41) is 0. The standard InChI is InChI=1S/C13H14INO4/c1-18-13(17)11-8-19-7-6-15(11)12(16)9-2-4-10(14)5-3-9/h2-5,11H,6-8H2,1H3. The number of benzene rings is 1. The number of methoxy groups -OCH3 is 1. The van der Waals surface area contributed by atoms with Crippen LogP contribution < -0.4 is 0 Å². The molecule has 1 saturated heterocycles. The second-order valence-corrected chi connectivity index (χ2v) is 5.36. The number of carbonyl (C=O) groups excluding carboxylic acids is 2. The topological polar surface area (TPSA) is 55.8 Å². The van der Waals surface area contributed by atoms with Crippen molar-refractivity contribution in [3.8, 4) is 0 Å². The predicted octanol–water partition coefficient (Wildman–Crippen LogP) is 1.31. The van der Waals surface area contributed by atoms with Crippen LogP contribution >= 0.6 is 22.6 Å². The number of nitrogens with zero attached hydrogens (tertiary/aromatic N) is 1. The quantitative estimate of drug-likeness (QED) is 0.578. The highest BCUT2D eigenvalue weighted by Crippen LogP contribution is 2.15. The number of hydrogen-bond acceptors (Lipinski definition) is 4. The predicted molar refractivity (Wildman–Crippen MR) is 76.8 cm³/mol. The van der Waals surface area contributed by atoms with E-state index in [1.54, 1.807) is 12.1 Å². The Morgan fingerprint density at radius 1 is 1.37 bits per heavy atom. The minimum Gasteiger partial charge on any atom is -0.467 e. The molecule has 1 amide bonds. The summed E-state index contributed by atoms with van der Waals surface area (Å²) in [5.74, 6) is -0.617. The molecule has 0 bridgehead atoms. The van der Waals surface area contributed by atoms with E-state index in [1.807, 2.05) is 12.1 Å². The lowest BCUT2D eigenvalue weighted by atomic mass is 10.1. The molecule has 1 aromatic rings. The maximum Gasteiger partial charge on any atom is 0.331 e. The molecule has 0 saturated carbocycles. The molecular weight excluding hydrogens is 361 g/mol. The molecule has 102 valence electrons. The lowest BCUT2D eigenvalue weighted by molar-refractivity contribution is -0.151. The van der Waals surface area contributed by atoms with Crippen molar-refractivity contribution in [1.82, 2.24) is 4.90 Å². The highest BCUT2D eigenvalue weighted by Gasteiger charge is 2.34. The van der Waals surface area contributed by atoms with E-state index < -0.39 is 12.0 Å². The van der Waals surface area contributed by atoms with Crippen molar-refractivity contribution >= 4 is 34.5 Å². The van der Waals surface area contributed by atoms with E-state index >= 15 is 0 Å². The second kappa shape index (κ2) is 6.33. The SMILES string of the molecule is COC(=O)C1COCCN1C(=O)c1ccc(I)cc1. The fourth-order valence-electron chi connectivity index (χ4n) is 1.94. The average Bonchev–Trinajstić information content (AvgIpc) is 2.46. The van der Waals surface area contributed by atoms with Crippen LogP contribution in [0, 0.1) is 3.57 Å². The Labute approximate surface area is 125 Å². The van der Waals surface area contributed by atoms with Gasteiger partial charge < -0.3 is 14.4 Å². The summed E-state index contributed by atoms with van der Waals surface area (Å²) < 4.78 is 11.0. The maximum atomic E-state index is 12.4. The van der Waals surface area contributed by atoms with Crippen molar-refractivity contribution in [3.63, 3.8) is 0 Å². The van der Waals surface area contributed by atoms with Crippen LogP contribution in [0.4, 0.5) is 0 Å². The van der Waals surface area contributed by atoms with Gasteiger partial charge in [0.05, 0.1) is 20.3 Å². The largest absolute Gasteiger partial charge is 0.467 e. The number of rotatable bonds is 2. The van der Waals surface area contributed by atoms with E-state index in [0.717, 1.165) is 3.57 Å². The third kappa shape index (κ3) is 3.24. The van der Waals surface area contributed by atoms with Crippen molar-refractivity contribution in [2.75, 3.05) is 26.9 Å². The number of esters is 1. The van der Waals surface area contributed by atoms with Crippen LogP contribution in [-0.4, -0.2) is 49.7 Å². The van der Waals surface area contributed by atoms with Gasteiger partial charge in [0, 0.05) is 15.7 Å². The third-order valence-corrected chi connectivity index (χ3v) is 3.67. The molecule has 0 aliphatic carbocycles. The molecule has 5 nitrogen and oxygen atoms in total. The molecule has 0 aromatic heterocycles. The summed E-state index contributed by atoms with van der Waals surface area (Å²) >= 11 is 2.18. The number of ether oxygens (including phenoxy) is 2. The van der Waals surface area contributed by atoms with Gasteiger partial charge in [-0.3, -0.25) is 4.79 Å². The molecule has 0 radical (unpaired) electrons. The zero-order chi connectivity index (χ0) is 13.8. The Morgan fingerprint density at radius 3 is 2.68 bits per heavy atom. The fraction of sp³-hybridized carbons (Fsp3) is 0.385. The van der Waals surface area contributed by atoms with Gasteiger partial charge in [0.15, 0.2) is 6.04 Å². The molecular formula is C13H14INO4. The van der Waals surface area contributed by atoms with Crippen LogP contribution in [0.3, 0.4) is 0 Å². The van der Waals surface area contributed by atoms with Gasteiger partial charge in [-0.05, 0) is 46.9 Å². The fourth-order valence-corrected chi connectivity index (χ4v) is 2.30. The number of amides is 1.